The van der Waals surface area contributed by atoms with Crippen LogP contribution >= 0.6 is 22.6 Å². The monoisotopic (exact) mass is 299 g/mol. The summed E-state index contributed by atoms with van der Waals surface area (Å²) in [7, 11) is 0. The van der Waals surface area contributed by atoms with E-state index in [-0.39, 0.29) is 11.9 Å². The number of rotatable bonds is 2. The van der Waals surface area contributed by atoms with Crippen LogP contribution in [0.5, 0.6) is 0 Å². The van der Waals surface area contributed by atoms with Crippen molar-refractivity contribution in [1.29, 1.82) is 0 Å². The van der Waals surface area contributed by atoms with E-state index < -0.39 is 0 Å². The van der Waals surface area contributed by atoms with Crippen LogP contribution < -0.4 is 5.32 Å². The van der Waals surface area contributed by atoms with Crippen LogP contribution in [0.3, 0.4) is 0 Å². The molecule has 1 fully saturated rings. The topological polar surface area (TPSA) is 38.3 Å². The minimum absolute atomic E-state index is 0.0194. The molecule has 1 saturated heterocycles. The predicted molar refractivity (Wildman–Crippen MR) is 62.2 cm³/mol. The maximum absolute atomic E-state index is 11.1. The van der Waals surface area contributed by atoms with Crippen molar-refractivity contribution in [2.75, 3.05) is 24.6 Å². The third-order valence-electron chi connectivity index (χ3n) is 1.96. The first-order valence-electron chi connectivity index (χ1n) is 4.59. The van der Waals surface area contributed by atoms with Crippen LogP contribution in [0, 0.1) is 5.92 Å². The summed E-state index contributed by atoms with van der Waals surface area (Å²) in [5, 5.41) is 3.20. The van der Waals surface area contributed by atoms with Gasteiger partial charge in [0.05, 0.1) is 12.5 Å². The number of hydrogen-bond acceptors (Lipinski definition) is 3. The van der Waals surface area contributed by atoms with Gasteiger partial charge < -0.3 is 10.1 Å². The lowest BCUT2D eigenvalue weighted by Gasteiger charge is -2.20. The van der Waals surface area contributed by atoms with Crippen molar-refractivity contribution in [3.05, 3.63) is 0 Å². The highest BCUT2D eigenvalue weighted by atomic mass is 127. The van der Waals surface area contributed by atoms with Crippen LogP contribution in [0.25, 0.3) is 0 Å². The second-order valence-corrected chi connectivity index (χ2v) is 2.78. The van der Waals surface area contributed by atoms with E-state index >= 15 is 0 Å². The van der Waals surface area contributed by atoms with Crippen molar-refractivity contribution in [1.82, 2.24) is 5.32 Å². The number of halogens is 1. The van der Waals surface area contributed by atoms with Gasteiger partial charge >= 0.3 is 5.97 Å². The minimum atomic E-state index is -0.0194. The SMILES string of the molecule is CCOC(=O)C1CCNCC1.CI. The minimum Gasteiger partial charge on any atom is -0.466 e. The number of piperidine rings is 1. The largest absolute Gasteiger partial charge is 0.466 e. The molecule has 78 valence electrons. The zero-order valence-corrected chi connectivity index (χ0v) is 10.5. The lowest BCUT2D eigenvalue weighted by Crippen LogP contribution is -2.32. The predicted octanol–water partition coefficient (Wildman–Crippen LogP) is 1.60. The molecule has 0 radical (unpaired) electrons. The Morgan fingerprint density at radius 3 is 2.46 bits per heavy atom. The molecule has 0 spiro atoms. The molecule has 0 aromatic rings. The number of esters is 1. The molecule has 0 saturated carbocycles. The molecule has 1 heterocycles. The van der Waals surface area contributed by atoms with Crippen LogP contribution in [-0.2, 0) is 9.53 Å². The Kier molecular flexibility index (Phi) is 8.85. The Balaban J connectivity index is 0.000000671. The smallest absolute Gasteiger partial charge is 0.309 e. The average molecular weight is 299 g/mol. The first-order chi connectivity index (χ1) is 6.34. The maximum Gasteiger partial charge on any atom is 0.309 e. The fraction of sp³-hybridized carbons (Fsp3) is 0.889. The van der Waals surface area contributed by atoms with Gasteiger partial charge in [-0.3, -0.25) is 4.79 Å². The van der Waals surface area contributed by atoms with Gasteiger partial charge in [0, 0.05) is 0 Å². The number of alkyl halides is 1. The summed E-state index contributed by atoms with van der Waals surface area (Å²) in [4.78, 5) is 13.1. The molecule has 0 aromatic carbocycles. The zero-order valence-electron chi connectivity index (χ0n) is 8.31. The summed E-state index contributed by atoms with van der Waals surface area (Å²) in [5.41, 5.74) is 0. The normalized spacial score (nSPS) is 17.2. The highest BCUT2D eigenvalue weighted by molar-refractivity contribution is 14.1. The fourth-order valence-electron chi connectivity index (χ4n) is 1.32. The molecule has 0 atom stereocenters. The van der Waals surface area contributed by atoms with Crippen LogP contribution in [-0.4, -0.2) is 30.6 Å². The number of hydrogen-bond donors (Lipinski definition) is 1. The van der Waals surface area contributed by atoms with Gasteiger partial charge in [-0.05, 0) is 37.8 Å². The van der Waals surface area contributed by atoms with Crippen LogP contribution in [0.4, 0.5) is 0 Å². The van der Waals surface area contributed by atoms with Crippen molar-refractivity contribution in [2.45, 2.75) is 19.8 Å². The van der Waals surface area contributed by atoms with Crippen LogP contribution in [0.1, 0.15) is 19.8 Å². The van der Waals surface area contributed by atoms with E-state index in [2.05, 4.69) is 27.9 Å². The van der Waals surface area contributed by atoms with E-state index in [0.717, 1.165) is 25.9 Å². The summed E-state index contributed by atoms with van der Waals surface area (Å²) in [6.45, 7) is 4.24. The molecule has 0 unspecified atom stereocenters. The van der Waals surface area contributed by atoms with Gasteiger partial charge in [-0.25, -0.2) is 0 Å². The van der Waals surface area contributed by atoms with Gasteiger partial charge in [0.15, 0.2) is 0 Å². The highest BCUT2D eigenvalue weighted by Crippen LogP contribution is 2.12. The summed E-state index contributed by atoms with van der Waals surface area (Å²) >= 11 is 2.15. The molecule has 0 aliphatic carbocycles. The Bertz CT molecular complexity index is 136. The Labute approximate surface area is 93.7 Å². The third-order valence-corrected chi connectivity index (χ3v) is 1.96. The molecule has 0 bridgehead atoms. The average Bonchev–Trinajstić information content (AvgIpc) is 2.23. The summed E-state index contributed by atoms with van der Waals surface area (Å²) in [6.07, 6.45) is 1.86. The molecule has 1 aliphatic heterocycles. The number of ether oxygens (including phenoxy) is 1. The molecule has 1 aliphatic rings. The molecule has 13 heavy (non-hydrogen) atoms. The lowest BCUT2D eigenvalue weighted by atomic mass is 9.99. The van der Waals surface area contributed by atoms with Crippen LogP contribution in [0.2, 0.25) is 0 Å². The van der Waals surface area contributed by atoms with E-state index in [0.29, 0.717) is 6.61 Å². The van der Waals surface area contributed by atoms with Crippen molar-refractivity contribution in [2.24, 2.45) is 5.92 Å². The Morgan fingerprint density at radius 1 is 1.46 bits per heavy atom. The van der Waals surface area contributed by atoms with E-state index in [9.17, 15) is 4.79 Å². The maximum atomic E-state index is 11.1. The summed E-state index contributed by atoms with van der Waals surface area (Å²) in [6, 6.07) is 0. The summed E-state index contributed by atoms with van der Waals surface area (Å²) in [5.74, 6) is 0.130. The van der Waals surface area contributed by atoms with Gasteiger partial charge in [0.2, 0.25) is 0 Å². The van der Waals surface area contributed by atoms with Crippen molar-refractivity contribution >= 4 is 28.6 Å². The van der Waals surface area contributed by atoms with E-state index in [4.69, 9.17) is 4.74 Å². The quantitative estimate of drug-likeness (QED) is 0.478. The van der Waals surface area contributed by atoms with Crippen molar-refractivity contribution in [3.63, 3.8) is 0 Å². The van der Waals surface area contributed by atoms with Crippen molar-refractivity contribution in [3.8, 4) is 0 Å². The molecule has 0 aromatic heterocycles. The van der Waals surface area contributed by atoms with Gasteiger partial charge in [0.25, 0.3) is 0 Å². The molecular formula is C9H18INO2. The Morgan fingerprint density at radius 2 is 2.00 bits per heavy atom. The zero-order chi connectivity index (χ0) is 10.1. The Hall–Kier alpha value is 0.160. The van der Waals surface area contributed by atoms with Gasteiger partial charge in [-0.1, -0.05) is 22.6 Å². The summed E-state index contributed by atoms with van der Waals surface area (Å²) < 4.78 is 4.91. The standard InChI is InChI=1S/C8H15NO2.CH3I/c1-2-11-8(10)7-3-5-9-6-4-7;1-2/h7,9H,2-6H2,1H3;1H3. The first kappa shape index (κ1) is 13.2. The third kappa shape index (κ3) is 5.46. The molecule has 1 N–H and O–H groups in total. The van der Waals surface area contributed by atoms with E-state index in [1.54, 1.807) is 0 Å². The second kappa shape index (κ2) is 8.74. The highest BCUT2D eigenvalue weighted by Gasteiger charge is 2.21. The van der Waals surface area contributed by atoms with Crippen molar-refractivity contribution < 1.29 is 9.53 Å². The number of carbonyl (C=O) groups excluding carboxylic acids is 1. The van der Waals surface area contributed by atoms with Gasteiger partial charge in [0.1, 0.15) is 0 Å². The molecule has 1 rings (SSSR count). The van der Waals surface area contributed by atoms with Gasteiger partial charge in [-0.15, -0.1) is 0 Å². The molecule has 4 heteroatoms. The van der Waals surface area contributed by atoms with Crippen LogP contribution in [0.15, 0.2) is 0 Å². The van der Waals surface area contributed by atoms with E-state index in [1.165, 1.54) is 0 Å². The molecular weight excluding hydrogens is 281 g/mol. The number of carbonyl (C=O) groups is 1. The lowest BCUT2D eigenvalue weighted by molar-refractivity contribution is -0.148. The van der Waals surface area contributed by atoms with E-state index in [1.807, 2.05) is 11.9 Å². The number of nitrogens with one attached hydrogen (secondary N) is 1. The fourth-order valence-corrected chi connectivity index (χ4v) is 1.32. The molecule has 3 nitrogen and oxygen atoms in total. The molecule has 0 amide bonds. The first-order valence-corrected chi connectivity index (χ1v) is 6.75. The van der Waals surface area contributed by atoms with Gasteiger partial charge in [-0.2, -0.15) is 0 Å². The second-order valence-electron chi connectivity index (χ2n) is 2.78.